The Kier molecular flexibility index (Phi) is 3.61. The normalized spacial score (nSPS) is 10.6. The lowest BCUT2D eigenvalue weighted by molar-refractivity contribution is 0.0689. The lowest BCUT2D eigenvalue weighted by Gasteiger charge is -2.06. The summed E-state index contributed by atoms with van der Waals surface area (Å²) in [7, 11) is 0. The van der Waals surface area contributed by atoms with Crippen molar-refractivity contribution in [3.05, 3.63) is 41.5 Å². The van der Waals surface area contributed by atoms with Crippen LogP contribution in [0.3, 0.4) is 0 Å². The van der Waals surface area contributed by atoms with Crippen LogP contribution in [0.4, 0.5) is 4.39 Å². The van der Waals surface area contributed by atoms with Gasteiger partial charge in [-0.25, -0.2) is 13.9 Å². The van der Waals surface area contributed by atoms with Gasteiger partial charge in [-0.3, -0.25) is 0 Å². The van der Waals surface area contributed by atoms with Crippen LogP contribution in [0, 0.1) is 5.82 Å². The molecule has 0 saturated carbocycles. The van der Waals surface area contributed by atoms with Crippen molar-refractivity contribution < 1.29 is 14.3 Å². The van der Waals surface area contributed by atoms with Crippen molar-refractivity contribution in [2.75, 3.05) is 6.26 Å². The van der Waals surface area contributed by atoms with Crippen molar-refractivity contribution in [2.24, 2.45) is 0 Å². The SMILES string of the molecule is CSCc1c(C(=O)O)nnn1-c1ccccc1F. The molecule has 1 aromatic carbocycles. The highest BCUT2D eigenvalue weighted by Crippen LogP contribution is 2.19. The minimum absolute atomic E-state index is 0.146. The van der Waals surface area contributed by atoms with E-state index in [0.717, 1.165) is 0 Å². The summed E-state index contributed by atoms with van der Waals surface area (Å²) < 4.78 is 14.9. The minimum Gasteiger partial charge on any atom is -0.476 e. The molecule has 0 fully saturated rings. The largest absolute Gasteiger partial charge is 0.476 e. The van der Waals surface area contributed by atoms with Gasteiger partial charge in [-0.05, 0) is 18.4 Å². The van der Waals surface area contributed by atoms with Crippen molar-refractivity contribution in [2.45, 2.75) is 5.75 Å². The molecule has 7 heteroatoms. The van der Waals surface area contributed by atoms with E-state index < -0.39 is 11.8 Å². The smallest absolute Gasteiger partial charge is 0.358 e. The molecule has 2 aromatic rings. The molecule has 2 rings (SSSR count). The average Bonchev–Trinajstić information content (AvgIpc) is 2.74. The first-order chi connectivity index (χ1) is 8.65. The molecule has 0 amide bonds. The molecule has 0 spiro atoms. The third-order valence-electron chi connectivity index (χ3n) is 2.33. The van der Waals surface area contributed by atoms with E-state index in [1.807, 2.05) is 6.26 Å². The van der Waals surface area contributed by atoms with Crippen LogP contribution >= 0.6 is 11.8 Å². The molecule has 0 radical (unpaired) electrons. The van der Waals surface area contributed by atoms with Gasteiger partial charge in [0.25, 0.3) is 0 Å². The van der Waals surface area contributed by atoms with Crippen LogP contribution < -0.4 is 0 Å². The topological polar surface area (TPSA) is 68.0 Å². The van der Waals surface area contributed by atoms with E-state index in [1.54, 1.807) is 12.1 Å². The first-order valence-electron chi connectivity index (χ1n) is 5.07. The number of hydrogen-bond donors (Lipinski definition) is 1. The number of carboxylic acids is 1. The Labute approximate surface area is 107 Å². The Bertz CT molecular complexity index is 585. The summed E-state index contributed by atoms with van der Waals surface area (Å²) in [6, 6.07) is 6.03. The number of carboxylic acid groups (broad SMARTS) is 1. The highest BCUT2D eigenvalue weighted by atomic mass is 32.2. The maximum atomic E-state index is 13.7. The summed E-state index contributed by atoms with van der Waals surface area (Å²) in [6.07, 6.45) is 1.82. The van der Waals surface area contributed by atoms with E-state index in [0.29, 0.717) is 11.4 Å². The molecule has 1 heterocycles. The number of nitrogens with zero attached hydrogens (tertiary/aromatic N) is 3. The van der Waals surface area contributed by atoms with Crippen LogP contribution in [-0.2, 0) is 5.75 Å². The average molecular weight is 267 g/mol. The second-order valence-electron chi connectivity index (χ2n) is 3.49. The van der Waals surface area contributed by atoms with Gasteiger partial charge in [-0.15, -0.1) is 5.10 Å². The fourth-order valence-electron chi connectivity index (χ4n) is 1.55. The first-order valence-corrected chi connectivity index (χ1v) is 6.46. The molecule has 0 atom stereocenters. The van der Waals surface area contributed by atoms with Crippen molar-refractivity contribution in [3.63, 3.8) is 0 Å². The van der Waals surface area contributed by atoms with Gasteiger partial charge in [0.1, 0.15) is 11.5 Å². The number of aromatic carboxylic acids is 1. The Morgan fingerprint density at radius 3 is 2.83 bits per heavy atom. The summed E-state index contributed by atoms with van der Waals surface area (Å²) in [5.41, 5.74) is 0.425. The summed E-state index contributed by atoms with van der Waals surface area (Å²) in [5, 5.41) is 16.3. The number of hydrogen-bond acceptors (Lipinski definition) is 4. The van der Waals surface area contributed by atoms with Gasteiger partial charge in [-0.1, -0.05) is 17.3 Å². The highest BCUT2D eigenvalue weighted by molar-refractivity contribution is 7.97. The fraction of sp³-hybridized carbons (Fsp3) is 0.182. The minimum atomic E-state index is -1.17. The number of benzene rings is 1. The molecule has 0 saturated heterocycles. The molecule has 5 nitrogen and oxygen atoms in total. The van der Waals surface area contributed by atoms with Gasteiger partial charge in [0, 0.05) is 5.75 Å². The lowest BCUT2D eigenvalue weighted by atomic mass is 10.3. The molecule has 0 unspecified atom stereocenters. The molecule has 0 aliphatic carbocycles. The number of aromatic nitrogens is 3. The van der Waals surface area contributed by atoms with Crippen LogP contribution in [0.5, 0.6) is 0 Å². The van der Waals surface area contributed by atoms with E-state index in [2.05, 4.69) is 10.3 Å². The zero-order chi connectivity index (χ0) is 13.1. The summed E-state index contributed by atoms with van der Waals surface area (Å²) in [4.78, 5) is 11.0. The Morgan fingerprint density at radius 1 is 1.50 bits per heavy atom. The number of thioether (sulfide) groups is 1. The molecule has 1 aromatic heterocycles. The van der Waals surface area contributed by atoms with Gasteiger partial charge in [0.05, 0.1) is 5.69 Å². The number of rotatable bonds is 4. The third-order valence-corrected chi connectivity index (χ3v) is 2.89. The number of halogens is 1. The van der Waals surface area contributed by atoms with E-state index in [1.165, 1.54) is 28.6 Å². The first kappa shape index (κ1) is 12.6. The molecule has 94 valence electrons. The van der Waals surface area contributed by atoms with Crippen molar-refractivity contribution >= 4 is 17.7 Å². The summed E-state index contributed by atoms with van der Waals surface area (Å²) in [5.74, 6) is -1.24. The maximum Gasteiger partial charge on any atom is 0.358 e. The molecule has 0 aliphatic rings. The Morgan fingerprint density at radius 2 is 2.22 bits per heavy atom. The van der Waals surface area contributed by atoms with Crippen molar-refractivity contribution in [1.82, 2.24) is 15.0 Å². The van der Waals surface area contributed by atoms with E-state index in [-0.39, 0.29) is 11.4 Å². The second kappa shape index (κ2) is 5.18. The van der Waals surface area contributed by atoms with Crippen molar-refractivity contribution in [1.29, 1.82) is 0 Å². The van der Waals surface area contributed by atoms with Crippen LogP contribution in [0.15, 0.2) is 24.3 Å². The molecular formula is C11H10FN3O2S. The number of para-hydroxylation sites is 1. The molecule has 0 bridgehead atoms. The molecule has 0 aliphatic heterocycles. The zero-order valence-electron chi connectivity index (χ0n) is 9.50. The monoisotopic (exact) mass is 267 g/mol. The van der Waals surface area contributed by atoms with E-state index in [9.17, 15) is 9.18 Å². The van der Waals surface area contributed by atoms with E-state index in [4.69, 9.17) is 5.11 Å². The van der Waals surface area contributed by atoms with Crippen LogP contribution in [0.1, 0.15) is 16.2 Å². The van der Waals surface area contributed by atoms with Crippen LogP contribution in [0.2, 0.25) is 0 Å². The second-order valence-corrected chi connectivity index (χ2v) is 4.35. The van der Waals surface area contributed by atoms with Gasteiger partial charge < -0.3 is 5.11 Å². The Balaban J connectivity index is 2.58. The van der Waals surface area contributed by atoms with E-state index >= 15 is 0 Å². The number of carbonyl (C=O) groups is 1. The Hall–Kier alpha value is -1.89. The molecular weight excluding hydrogens is 257 g/mol. The molecule has 18 heavy (non-hydrogen) atoms. The molecule has 1 N–H and O–H groups in total. The highest BCUT2D eigenvalue weighted by Gasteiger charge is 2.20. The van der Waals surface area contributed by atoms with Gasteiger partial charge in [0.2, 0.25) is 0 Å². The van der Waals surface area contributed by atoms with Crippen LogP contribution in [-0.4, -0.2) is 32.3 Å². The van der Waals surface area contributed by atoms with Gasteiger partial charge >= 0.3 is 5.97 Å². The zero-order valence-corrected chi connectivity index (χ0v) is 10.3. The predicted octanol–water partition coefficient (Wildman–Crippen LogP) is 1.97. The quantitative estimate of drug-likeness (QED) is 0.917. The third kappa shape index (κ3) is 2.21. The van der Waals surface area contributed by atoms with Gasteiger partial charge in [0.15, 0.2) is 5.69 Å². The maximum absolute atomic E-state index is 13.7. The predicted molar refractivity (Wildman–Crippen MR) is 65.5 cm³/mol. The fourth-order valence-corrected chi connectivity index (χ4v) is 2.08. The van der Waals surface area contributed by atoms with Crippen molar-refractivity contribution in [3.8, 4) is 5.69 Å². The lowest BCUT2D eigenvalue weighted by Crippen LogP contribution is -2.07. The van der Waals surface area contributed by atoms with Crippen LogP contribution in [0.25, 0.3) is 5.69 Å². The van der Waals surface area contributed by atoms with Gasteiger partial charge in [-0.2, -0.15) is 11.8 Å². The summed E-state index contributed by atoms with van der Waals surface area (Å²) >= 11 is 1.42. The standard InChI is InChI=1S/C11H10FN3O2S/c1-18-6-9-10(11(16)17)13-14-15(9)8-5-3-2-4-7(8)12/h2-5H,6H2,1H3,(H,16,17). The summed E-state index contributed by atoms with van der Waals surface area (Å²) in [6.45, 7) is 0.